The Morgan fingerprint density at radius 3 is 2.68 bits per heavy atom. The van der Waals surface area contributed by atoms with Crippen LogP contribution in [0.5, 0.6) is 5.75 Å². The van der Waals surface area contributed by atoms with E-state index in [1.54, 1.807) is 6.07 Å². The zero-order chi connectivity index (χ0) is 15.5. The van der Waals surface area contributed by atoms with Crippen LogP contribution >= 0.6 is 0 Å². The van der Waals surface area contributed by atoms with Gasteiger partial charge >= 0.3 is 0 Å². The molecule has 3 aromatic rings. The lowest BCUT2D eigenvalue weighted by molar-refractivity contribution is 0.0932. The zero-order valence-corrected chi connectivity index (χ0v) is 12.2. The minimum absolute atomic E-state index is 0.0367. The summed E-state index contributed by atoms with van der Waals surface area (Å²) in [5, 5.41) is 14.8. The molecule has 1 heterocycles. The smallest absolute Gasteiger partial charge is 0.274 e. The Hall–Kier alpha value is -2.88. The van der Waals surface area contributed by atoms with E-state index >= 15 is 0 Å². The number of nitrogens with one attached hydrogen (secondary N) is 1. The molecule has 1 amide bonds. The lowest BCUT2D eigenvalue weighted by atomic mass is 9.99. The first kappa shape index (κ1) is 14.1. The number of benzene rings is 2. The summed E-state index contributed by atoms with van der Waals surface area (Å²) in [7, 11) is 0. The fourth-order valence-electron chi connectivity index (χ4n) is 2.54. The Morgan fingerprint density at radius 1 is 1.09 bits per heavy atom. The van der Waals surface area contributed by atoms with Gasteiger partial charge in [-0.15, -0.1) is 0 Å². The van der Waals surface area contributed by atoms with Gasteiger partial charge in [0.2, 0.25) is 0 Å². The van der Waals surface area contributed by atoms with Crippen molar-refractivity contribution >= 4 is 16.7 Å². The van der Waals surface area contributed by atoms with Crippen LogP contribution in [-0.2, 0) is 0 Å². The number of aromatic hydroxyl groups is 1. The maximum Gasteiger partial charge on any atom is 0.274 e. The van der Waals surface area contributed by atoms with E-state index < -0.39 is 5.91 Å². The minimum Gasteiger partial charge on any atom is -0.505 e. The average molecular weight is 292 g/mol. The van der Waals surface area contributed by atoms with Crippen molar-refractivity contribution < 1.29 is 9.90 Å². The monoisotopic (exact) mass is 292 g/mol. The molecule has 0 aliphatic heterocycles. The molecular weight excluding hydrogens is 276 g/mol. The van der Waals surface area contributed by atoms with Gasteiger partial charge in [0, 0.05) is 6.20 Å². The number of hydrogen-bond acceptors (Lipinski definition) is 3. The Kier molecular flexibility index (Phi) is 3.74. The number of amides is 1. The van der Waals surface area contributed by atoms with Gasteiger partial charge in [-0.05, 0) is 35.4 Å². The van der Waals surface area contributed by atoms with Crippen LogP contribution in [0.1, 0.15) is 29.0 Å². The van der Waals surface area contributed by atoms with E-state index in [-0.39, 0.29) is 17.5 Å². The number of carbonyl (C=O) groups excluding carboxylic acids is 1. The number of hydrogen-bond donors (Lipinski definition) is 2. The minimum atomic E-state index is -0.390. The van der Waals surface area contributed by atoms with Crippen molar-refractivity contribution in [3.8, 4) is 5.75 Å². The van der Waals surface area contributed by atoms with Crippen LogP contribution in [0.4, 0.5) is 0 Å². The molecule has 0 bridgehead atoms. The summed E-state index contributed by atoms with van der Waals surface area (Å²) in [6.07, 6.45) is 1.48. The van der Waals surface area contributed by atoms with Crippen LogP contribution in [-0.4, -0.2) is 16.0 Å². The van der Waals surface area contributed by atoms with Crippen LogP contribution in [0.2, 0.25) is 0 Å². The fourth-order valence-corrected chi connectivity index (χ4v) is 2.54. The molecule has 0 fully saturated rings. The zero-order valence-electron chi connectivity index (χ0n) is 12.2. The summed E-state index contributed by atoms with van der Waals surface area (Å²) in [6.45, 7) is 1.92. The lowest BCUT2D eigenvalue weighted by Gasteiger charge is -2.16. The Labute approximate surface area is 128 Å². The molecule has 0 unspecified atom stereocenters. The molecule has 0 saturated carbocycles. The van der Waals surface area contributed by atoms with Crippen molar-refractivity contribution in [2.24, 2.45) is 0 Å². The SMILES string of the molecule is C[C@@H](NC(=O)c1ncccc1O)c1cccc2ccccc12. The third-order valence-corrected chi connectivity index (χ3v) is 3.64. The van der Waals surface area contributed by atoms with Gasteiger partial charge in [-0.3, -0.25) is 4.79 Å². The predicted molar refractivity (Wildman–Crippen MR) is 85.7 cm³/mol. The summed E-state index contributed by atoms with van der Waals surface area (Å²) in [4.78, 5) is 16.2. The Bertz CT molecular complexity index is 825. The number of rotatable bonds is 3. The number of fused-ring (bicyclic) bond motifs is 1. The summed E-state index contributed by atoms with van der Waals surface area (Å²) in [5.74, 6) is -0.511. The first-order chi connectivity index (χ1) is 10.7. The fraction of sp³-hybridized carbons (Fsp3) is 0.111. The summed E-state index contributed by atoms with van der Waals surface area (Å²) < 4.78 is 0. The molecule has 4 heteroatoms. The number of aromatic nitrogens is 1. The first-order valence-electron chi connectivity index (χ1n) is 7.09. The second kappa shape index (κ2) is 5.85. The van der Waals surface area contributed by atoms with Crippen LogP contribution < -0.4 is 5.32 Å². The number of pyridine rings is 1. The summed E-state index contributed by atoms with van der Waals surface area (Å²) in [5.41, 5.74) is 1.07. The molecule has 4 nitrogen and oxygen atoms in total. The third kappa shape index (κ3) is 2.63. The topological polar surface area (TPSA) is 62.2 Å². The van der Waals surface area contributed by atoms with E-state index in [1.165, 1.54) is 12.3 Å². The van der Waals surface area contributed by atoms with Crippen molar-refractivity contribution in [2.45, 2.75) is 13.0 Å². The van der Waals surface area contributed by atoms with Gasteiger partial charge < -0.3 is 10.4 Å². The molecule has 0 radical (unpaired) electrons. The predicted octanol–water partition coefficient (Wildman–Crippen LogP) is 3.43. The quantitative estimate of drug-likeness (QED) is 0.777. The largest absolute Gasteiger partial charge is 0.505 e. The van der Waals surface area contributed by atoms with Crippen molar-refractivity contribution in [1.29, 1.82) is 0 Å². The van der Waals surface area contributed by atoms with Gasteiger partial charge in [0.05, 0.1) is 6.04 Å². The van der Waals surface area contributed by atoms with Crippen LogP contribution in [0, 0.1) is 0 Å². The van der Waals surface area contributed by atoms with Gasteiger partial charge in [-0.25, -0.2) is 4.98 Å². The molecular formula is C18H16N2O2. The van der Waals surface area contributed by atoms with Crippen molar-refractivity contribution in [3.05, 3.63) is 72.1 Å². The molecule has 0 spiro atoms. The molecule has 0 aliphatic carbocycles. The van der Waals surface area contributed by atoms with Crippen LogP contribution in [0.15, 0.2) is 60.8 Å². The maximum absolute atomic E-state index is 12.3. The molecule has 1 atom stereocenters. The Morgan fingerprint density at radius 2 is 1.86 bits per heavy atom. The normalized spacial score (nSPS) is 12.0. The highest BCUT2D eigenvalue weighted by Gasteiger charge is 2.16. The highest BCUT2D eigenvalue weighted by atomic mass is 16.3. The van der Waals surface area contributed by atoms with Gasteiger partial charge in [0.15, 0.2) is 5.69 Å². The molecule has 22 heavy (non-hydrogen) atoms. The van der Waals surface area contributed by atoms with Gasteiger partial charge in [0.25, 0.3) is 5.91 Å². The molecule has 1 aromatic heterocycles. The standard InChI is InChI=1S/C18H16N2O2/c1-12(20-18(22)17-16(21)10-5-11-19-17)14-9-4-7-13-6-2-3-8-15(13)14/h2-12,21H,1H3,(H,20,22)/t12-/m1/s1. The molecule has 0 saturated heterocycles. The molecule has 3 rings (SSSR count). The maximum atomic E-state index is 12.3. The van der Waals surface area contributed by atoms with E-state index in [4.69, 9.17) is 0 Å². The van der Waals surface area contributed by atoms with Crippen LogP contribution in [0.25, 0.3) is 10.8 Å². The van der Waals surface area contributed by atoms with Gasteiger partial charge in [-0.2, -0.15) is 0 Å². The molecule has 2 aromatic carbocycles. The van der Waals surface area contributed by atoms with Crippen molar-refractivity contribution in [1.82, 2.24) is 10.3 Å². The van der Waals surface area contributed by atoms with Crippen molar-refractivity contribution in [2.75, 3.05) is 0 Å². The van der Waals surface area contributed by atoms with E-state index in [0.717, 1.165) is 16.3 Å². The third-order valence-electron chi connectivity index (χ3n) is 3.64. The molecule has 110 valence electrons. The summed E-state index contributed by atoms with van der Waals surface area (Å²) >= 11 is 0. The van der Waals surface area contributed by atoms with E-state index in [2.05, 4.69) is 10.3 Å². The second-order valence-corrected chi connectivity index (χ2v) is 5.13. The molecule has 2 N–H and O–H groups in total. The highest BCUT2D eigenvalue weighted by molar-refractivity contribution is 5.95. The van der Waals surface area contributed by atoms with Gasteiger partial charge in [-0.1, -0.05) is 42.5 Å². The van der Waals surface area contributed by atoms with Gasteiger partial charge in [0.1, 0.15) is 5.75 Å². The molecule has 0 aliphatic rings. The second-order valence-electron chi connectivity index (χ2n) is 5.13. The number of carbonyl (C=O) groups is 1. The van der Waals surface area contributed by atoms with E-state index in [0.29, 0.717) is 0 Å². The first-order valence-corrected chi connectivity index (χ1v) is 7.09. The average Bonchev–Trinajstić information content (AvgIpc) is 2.54. The van der Waals surface area contributed by atoms with Crippen LogP contribution in [0.3, 0.4) is 0 Å². The van der Waals surface area contributed by atoms with E-state index in [1.807, 2.05) is 49.4 Å². The lowest BCUT2D eigenvalue weighted by Crippen LogP contribution is -2.27. The van der Waals surface area contributed by atoms with E-state index in [9.17, 15) is 9.90 Å². The number of nitrogens with zero attached hydrogens (tertiary/aromatic N) is 1. The highest BCUT2D eigenvalue weighted by Crippen LogP contribution is 2.24. The van der Waals surface area contributed by atoms with Crippen molar-refractivity contribution in [3.63, 3.8) is 0 Å². The Balaban J connectivity index is 1.89. The summed E-state index contributed by atoms with van der Waals surface area (Å²) in [6, 6.07) is 16.9.